The van der Waals surface area contributed by atoms with E-state index >= 15 is 0 Å². The molecule has 1 unspecified atom stereocenters. The molecule has 2 aromatic carbocycles. The number of ketones is 1. The van der Waals surface area contributed by atoms with E-state index in [2.05, 4.69) is 0 Å². The summed E-state index contributed by atoms with van der Waals surface area (Å²) in [5.41, 5.74) is 1.43. The fraction of sp³-hybridized carbons (Fsp3) is 0.364. The Morgan fingerprint density at radius 1 is 1.00 bits per heavy atom. The Kier molecular flexibility index (Phi) is 7.70. The molecule has 0 spiro atoms. The van der Waals surface area contributed by atoms with E-state index in [1.807, 2.05) is 44.2 Å². The van der Waals surface area contributed by atoms with Crippen molar-refractivity contribution in [3.8, 4) is 0 Å². The summed E-state index contributed by atoms with van der Waals surface area (Å²) in [6, 6.07) is 15.3. The van der Waals surface area contributed by atoms with Gasteiger partial charge in [-0.1, -0.05) is 49.4 Å². The Bertz CT molecular complexity index is 941. The van der Waals surface area contributed by atoms with E-state index in [-0.39, 0.29) is 29.2 Å². The number of nitrogens with zero attached hydrogens (tertiary/aromatic N) is 2. The molecule has 0 aliphatic heterocycles. The van der Waals surface area contributed by atoms with E-state index in [1.165, 1.54) is 38.2 Å². The highest BCUT2D eigenvalue weighted by Crippen LogP contribution is 2.17. The number of hydrogen-bond acceptors (Lipinski definition) is 4. The first-order chi connectivity index (χ1) is 13.7. The molecule has 2 rings (SSSR count). The molecule has 0 saturated heterocycles. The standard InChI is InChI=1S/C22H28N2O4S/c1-5-17(2)24(15-19-9-7-6-8-10-19)22(26)16-23(4)29(27,28)21-13-11-20(12-14-21)18(3)25/h6-14,17H,5,15-16H2,1-4H3. The average molecular weight is 417 g/mol. The first-order valence-electron chi connectivity index (χ1n) is 9.57. The van der Waals surface area contributed by atoms with Gasteiger partial charge in [-0.15, -0.1) is 0 Å². The van der Waals surface area contributed by atoms with E-state index in [1.54, 1.807) is 4.90 Å². The average Bonchev–Trinajstić information content (AvgIpc) is 2.72. The Balaban J connectivity index is 2.17. The molecule has 1 atom stereocenters. The lowest BCUT2D eigenvalue weighted by atomic mass is 10.1. The van der Waals surface area contributed by atoms with Gasteiger partial charge in [-0.05, 0) is 38.0 Å². The molecular weight excluding hydrogens is 388 g/mol. The molecular formula is C22H28N2O4S. The minimum atomic E-state index is -3.84. The molecule has 2 aromatic rings. The maximum absolute atomic E-state index is 13.0. The second-order valence-electron chi connectivity index (χ2n) is 7.11. The van der Waals surface area contributed by atoms with Crippen LogP contribution in [0.2, 0.25) is 0 Å². The van der Waals surface area contributed by atoms with Gasteiger partial charge in [-0.25, -0.2) is 8.42 Å². The third-order valence-corrected chi connectivity index (χ3v) is 6.78. The zero-order chi connectivity index (χ0) is 21.6. The Morgan fingerprint density at radius 3 is 2.10 bits per heavy atom. The summed E-state index contributed by atoms with van der Waals surface area (Å²) < 4.78 is 26.7. The van der Waals surface area contributed by atoms with Gasteiger partial charge in [0.25, 0.3) is 0 Å². The number of rotatable bonds is 9. The lowest BCUT2D eigenvalue weighted by Gasteiger charge is -2.30. The maximum Gasteiger partial charge on any atom is 0.243 e. The SMILES string of the molecule is CCC(C)N(Cc1ccccc1)C(=O)CN(C)S(=O)(=O)c1ccc(C(C)=O)cc1. The summed E-state index contributed by atoms with van der Waals surface area (Å²) in [7, 11) is -2.45. The molecule has 0 N–H and O–H groups in total. The van der Waals surface area contributed by atoms with Crippen molar-refractivity contribution in [2.45, 2.75) is 44.7 Å². The van der Waals surface area contributed by atoms with Crippen molar-refractivity contribution < 1.29 is 18.0 Å². The molecule has 0 heterocycles. The van der Waals surface area contributed by atoms with Crippen LogP contribution in [0.3, 0.4) is 0 Å². The first kappa shape index (κ1) is 22.8. The van der Waals surface area contributed by atoms with Gasteiger partial charge in [0.15, 0.2) is 5.78 Å². The molecule has 1 amide bonds. The number of amides is 1. The number of benzene rings is 2. The molecule has 0 bridgehead atoms. The largest absolute Gasteiger partial charge is 0.335 e. The lowest BCUT2D eigenvalue weighted by Crippen LogP contribution is -2.44. The highest BCUT2D eigenvalue weighted by molar-refractivity contribution is 7.89. The van der Waals surface area contributed by atoms with E-state index in [9.17, 15) is 18.0 Å². The van der Waals surface area contributed by atoms with Gasteiger partial charge in [-0.3, -0.25) is 9.59 Å². The number of carbonyl (C=O) groups excluding carboxylic acids is 2. The molecule has 0 radical (unpaired) electrons. The lowest BCUT2D eigenvalue weighted by molar-refractivity contribution is -0.134. The van der Waals surface area contributed by atoms with E-state index in [0.29, 0.717) is 12.1 Å². The van der Waals surface area contributed by atoms with E-state index < -0.39 is 10.0 Å². The van der Waals surface area contributed by atoms with Crippen molar-refractivity contribution in [1.29, 1.82) is 0 Å². The van der Waals surface area contributed by atoms with Crippen LogP contribution < -0.4 is 0 Å². The summed E-state index contributed by atoms with van der Waals surface area (Å²) in [5, 5.41) is 0. The van der Waals surface area contributed by atoms with Gasteiger partial charge in [-0.2, -0.15) is 4.31 Å². The van der Waals surface area contributed by atoms with Crippen LogP contribution in [0.1, 0.15) is 43.1 Å². The predicted molar refractivity (Wildman–Crippen MR) is 113 cm³/mol. The summed E-state index contributed by atoms with van der Waals surface area (Å²) in [6.07, 6.45) is 0.765. The predicted octanol–water partition coefficient (Wildman–Crippen LogP) is 3.34. The van der Waals surface area contributed by atoms with Gasteiger partial charge in [0.05, 0.1) is 11.4 Å². The third kappa shape index (κ3) is 5.74. The van der Waals surface area contributed by atoms with Crippen LogP contribution >= 0.6 is 0 Å². The van der Waals surface area contributed by atoms with Crippen molar-refractivity contribution in [3.05, 3.63) is 65.7 Å². The summed E-state index contributed by atoms with van der Waals surface area (Å²) >= 11 is 0. The quantitative estimate of drug-likeness (QED) is 0.588. The van der Waals surface area contributed by atoms with Gasteiger partial charge in [0.2, 0.25) is 15.9 Å². The van der Waals surface area contributed by atoms with Gasteiger partial charge >= 0.3 is 0 Å². The molecule has 0 fully saturated rings. The molecule has 0 saturated carbocycles. The van der Waals surface area contributed by atoms with Gasteiger partial charge in [0, 0.05) is 25.2 Å². The molecule has 6 nitrogen and oxygen atoms in total. The van der Waals surface area contributed by atoms with Crippen molar-refractivity contribution >= 4 is 21.7 Å². The molecule has 0 aromatic heterocycles. The third-order valence-electron chi connectivity index (χ3n) is 4.97. The van der Waals surface area contributed by atoms with Crippen molar-refractivity contribution in [1.82, 2.24) is 9.21 Å². The van der Waals surface area contributed by atoms with Crippen LogP contribution in [0.15, 0.2) is 59.5 Å². The van der Waals surface area contributed by atoms with Crippen LogP contribution in [-0.2, 0) is 21.4 Å². The van der Waals surface area contributed by atoms with Gasteiger partial charge in [0.1, 0.15) is 0 Å². The number of likely N-dealkylation sites (N-methyl/N-ethyl adjacent to an activating group) is 1. The summed E-state index contributed by atoms with van der Waals surface area (Å²) in [6.45, 7) is 5.54. The van der Waals surface area contributed by atoms with Crippen molar-refractivity contribution in [2.24, 2.45) is 0 Å². The maximum atomic E-state index is 13.0. The minimum Gasteiger partial charge on any atom is -0.335 e. The van der Waals surface area contributed by atoms with Crippen LogP contribution in [0.25, 0.3) is 0 Å². The summed E-state index contributed by atoms with van der Waals surface area (Å²) in [4.78, 5) is 26.1. The second-order valence-corrected chi connectivity index (χ2v) is 9.15. The van der Waals surface area contributed by atoms with Gasteiger partial charge < -0.3 is 4.90 Å². The number of carbonyl (C=O) groups is 2. The number of hydrogen-bond donors (Lipinski definition) is 0. The normalized spacial score (nSPS) is 12.6. The van der Waals surface area contributed by atoms with Crippen LogP contribution in [0, 0.1) is 0 Å². The number of Topliss-reactive ketones (excluding diaryl/α,β-unsaturated/α-hetero) is 1. The molecule has 0 aliphatic rings. The van der Waals surface area contributed by atoms with E-state index in [0.717, 1.165) is 16.3 Å². The zero-order valence-electron chi connectivity index (χ0n) is 17.3. The number of sulfonamides is 1. The topological polar surface area (TPSA) is 74.8 Å². The molecule has 0 aliphatic carbocycles. The van der Waals surface area contributed by atoms with Crippen LogP contribution in [-0.4, -0.2) is 48.9 Å². The fourth-order valence-electron chi connectivity index (χ4n) is 2.90. The van der Waals surface area contributed by atoms with Crippen LogP contribution in [0.4, 0.5) is 0 Å². The molecule has 29 heavy (non-hydrogen) atoms. The highest BCUT2D eigenvalue weighted by Gasteiger charge is 2.27. The first-order valence-corrected chi connectivity index (χ1v) is 11.0. The fourth-order valence-corrected chi connectivity index (χ4v) is 4.02. The van der Waals surface area contributed by atoms with Crippen molar-refractivity contribution in [2.75, 3.05) is 13.6 Å². The van der Waals surface area contributed by atoms with Crippen molar-refractivity contribution in [3.63, 3.8) is 0 Å². The molecule has 7 heteroatoms. The molecule has 156 valence electrons. The van der Waals surface area contributed by atoms with E-state index in [4.69, 9.17) is 0 Å². The Hall–Kier alpha value is -2.51. The smallest absolute Gasteiger partial charge is 0.243 e. The summed E-state index contributed by atoms with van der Waals surface area (Å²) in [5.74, 6) is -0.391. The second kappa shape index (κ2) is 9.80. The van der Waals surface area contributed by atoms with Crippen LogP contribution in [0.5, 0.6) is 0 Å². The Labute approximate surface area is 173 Å². The minimum absolute atomic E-state index is 0.0198. The highest BCUT2D eigenvalue weighted by atomic mass is 32.2. The monoisotopic (exact) mass is 416 g/mol. The zero-order valence-corrected chi connectivity index (χ0v) is 18.1. The Morgan fingerprint density at radius 2 is 1.59 bits per heavy atom.